The van der Waals surface area contributed by atoms with Crippen LogP contribution in [0.25, 0.3) is 12.2 Å². The number of nitrogens with zero attached hydrogens (tertiary/aromatic N) is 1. The molecule has 0 aliphatic carbocycles. The van der Waals surface area contributed by atoms with Gasteiger partial charge < -0.3 is 14.4 Å². The highest BCUT2D eigenvalue weighted by Gasteiger charge is 2.19. The number of hydrogen-bond donors (Lipinski definition) is 0. The quantitative estimate of drug-likeness (QED) is 0.802. The van der Waals surface area contributed by atoms with E-state index in [1.807, 2.05) is 43.3 Å². The van der Waals surface area contributed by atoms with Crippen LogP contribution in [-0.4, -0.2) is 37.3 Å². The molecule has 1 saturated heterocycles. The van der Waals surface area contributed by atoms with Crippen molar-refractivity contribution in [3.63, 3.8) is 0 Å². The number of benzene rings is 2. The number of ether oxygens (including phenoxy) is 2. The van der Waals surface area contributed by atoms with E-state index in [1.54, 1.807) is 4.90 Å². The van der Waals surface area contributed by atoms with E-state index in [2.05, 4.69) is 24.3 Å². The molecule has 124 valence electrons. The van der Waals surface area contributed by atoms with Crippen LogP contribution in [-0.2, 0) is 4.74 Å². The van der Waals surface area contributed by atoms with Crippen LogP contribution in [0, 0.1) is 6.92 Å². The van der Waals surface area contributed by atoms with Gasteiger partial charge in [-0.2, -0.15) is 0 Å². The van der Waals surface area contributed by atoms with Crippen molar-refractivity contribution in [2.24, 2.45) is 0 Å². The van der Waals surface area contributed by atoms with Crippen molar-refractivity contribution in [2.45, 2.75) is 6.92 Å². The molecule has 0 saturated carbocycles. The molecule has 0 unspecified atom stereocenters. The smallest absolute Gasteiger partial charge is 0.410 e. The molecule has 1 fully saturated rings. The van der Waals surface area contributed by atoms with Crippen LogP contribution in [0.2, 0.25) is 0 Å². The molecule has 2 aromatic carbocycles. The number of morpholine rings is 1. The van der Waals surface area contributed by atoms with Gasteiger partial charge in [-0.25, -0.2) is 4.79 Å². The number of carbonyl (C=O) groups is 1. The Balaban J connectivity index is 1.66. The van der Waals surface area contributed by atoms with E-state index < -0.39 is 0 Å². The van der Waals surface area contributed by atoms with Gasteiger partial charge in [0.25, 0.3) is 0 Å². The topological polar surface area (TPSA) is 38.8 Å². The average Bonchev–Trinajstić information content (AvgIpc) is 2.63. The van der Waals surface area contributed by atoms with Crippen LogP contribution in [0.4, 0.5) is 4.79 Å². The molecule has 1 amide bonds. The fourth-order valence-electron chi connectivity index (χ4n) is 2.55. The van der Waals surface area contributed by atoms with E-state index in [1.165, 1.54) is 0 Å². The molecule has 1 aliphatic heterocycles. The predicted octanol–water partition coefficient (Wildman–Crippen LogP) is 4.00. The van der Waals surface area contributed by atoms with E-state index in [9.17, 15) is 4.79 Å². The number of amides is 1. The summed E-state index contributed by atoms with van der Waals surface area (Å²) >= 11 is 0. The predicted molar refractivity (Wildman–Crippen MR) is 95.0 cm³/mol. The van der Waals surface area contributed by atoms with Gasteiger partial charge in [0.15, 0.2) is 0 Å². The highest BCUT2D eigenvalue weighted by Crippen LogP contribution is 2.21. The van der Waals surface area contributed by atoms with Crippen LogP contribution >= 0.6 is 0 Å². The van der Waals surface area contributed by atoms with E-state index >= 15 is 0 Å². The minimum absolute atomic E-state index is 0.311. The van der Waals surface area contributed by atoms with E-state index in [0.717, 1.165) is 16.7 Å². The first-order valence-corrected chi connectivity index (χ1v) is 8.11. The lowest BCUT2D eigenvalue weighted by Crippen LogP contribution is -2.42. The second-order valence-electron chi connectivity index (χ2n) is 5.74. The largest absolute Gasteiger partial charge is 0.415 e. The molecular weight excluding hydrogens is 302 g/mol. The lowest BCUT2D eigenvalue weighted by Gasteiger charge is -2.26. The molecule has 3 rings (SSSR count). The number of aryl methyl sites for hydroxylation is 1. The Kier molecular flexibility index (Phi) is 5.29. The first kappa shape index (κ1) is 16.3. The minimum Gasteiger partial charge on any atom is -0.410 e. The Bertz CT molecular complexity index is 719. The van der Waals surface area contributed by atoms with Gasteiger partial charge in [0, 0.05) is 13.1 Å². The highest BCUT2D eigenvalue weighted by molar-refractivity contribution is 5.73. The monoisotopic (exact) mass is 323 g/mol. The van der Waals surface area contributed by atoms with Gasteiger partial charge in [-0.3, -0.25) is 0 Å². The zero-order valence-corrected chi connectivity index (χ0v) is 13.8. The van der Waals surface area contributed by atoms with Gasteiger partial charge in [0.05, 0.1) is 13.2 Å². The molecule has 1 heterocycles. The number of carbonyl (C=O) groups excluding carboxylic acids is 1. The molecular formula is C20H21NO3. The summed E-state index contributed by atoms with van der Waals surface area (Å²) in [6.07, 6.45) is 3.80. The summed E-state index contributed by atoms with van der Waals surface area (Å²) in [6.45, 7) is 4.24. The molecule has 24 heavy (non-hydrogen) atoms. The van der Waals surface area contributed by atoms with Crippen LogP contribution in [0.1, 0.15) is 16.7 Å². The summed E-state index contributed by atoms with van der Waals surface area (Å²) in [7, 11) is 0. The molecule has 1 aliphatic rings. The Morgan fingerprint density at radius 1 is 1.04 bits per heavy atom. The summed E-state index contributed by atoms with van der Waals surface area (Å²) in [4.78, 5) is 13.8. The minimum atomic E-state index is -0.311. The fraction of sp³-hybridized carbons (Fsp3) is 0.250. The third-order valence-corrected chi connectivity index (χ3v) is 3.93. The molecule has 4 heteroatoms. The molecule has 2 aromatic rings. The van der Waals surface area contributed by atoms with Crippen LogP contribution in [0.3, 0.4) is 0 Å². The summed E-state index contributed by atoms with van der Waals surface area (Å²) in [6, 6.07) is 16.0. The normalized spacial score (nSPS) is 14.8. The third-order valence-electron chi connectivity index (χ3n) is 3.93. The second-order valence-corrected chi connectivity index (χ2v) is 5.74. The highest BCUT2D eigenvalue weighted by atomic mass is 16.6. The molecule has 0 atom stereocenters. The maximum atomic E-state index is 12.1. The van der Waals surface area contributed by atoms with Gasteiger partial charge in [-0.05, 0) is 35.7 Å². The van der Waals surface area contributed by atoms with Crippen LogP contribution in [0.15, 0.2) is 48.5 Å². The Morgan fingerprint density at radius 2 is 1.75 bits per heavy atom. The zero-order valence-electron chi connectivity index (χ0n) is 13.8. The molecule has 0 radical (unpaired) electrons. The molecule has 0 spiro atoms. The van der Waals surface area contributed by atoms with Gasteiger partial charge in [0.1, 0.15) is 5.75 Å². The SMILES string of the molecule is Cc1cc(/C=C/c2ccccc2)ccc1OC(=O)N1CCOCC1. The second kappa shape index (κ2) is 7.79. The standard InChI is InChI=1S/C20H21NO3/c1-16-15-18(8-7-17-5-3-2-4-6-17)9-10-19(16)24-20(22)21-11-13-23-14-12-21/h2-10,15H,11-14H2,1H3/b8-7+. The van der Waals surface area contributed by atoms with Crippen molar-refractivity contribution < 1.29 is 14.3 Å². The maximum Gasteiger partial charge on any atom is 0.415 e. The van der Waals surface area contributed by atoms with Gasteiger partial charge in [0.2, 0.25) is 0 Å². The Labute approximate surface area is 142 Å². The van der Waals surface area contributed by atoms with Crippen molar-refractivity contribution in [3.05, 3.63) is 65.2 Å². The molecule has 4 nitrogen and oxygen atoms in total. The number of rotatable bonds is 3. The zero-order chi connectivity index (χ0) is 16.8. The fourth-order valence-corrected chi connectivity index (χ4v) is 2.55. The summed E-state index contributed by atoms with van der Waals surface area (Å²) in [5, 5.41) is 0. The van der Waals surface area contributed by atoms with Crippen molar-refractivity contribution >= 4 is 18.2 Å². The molecule has 0 N–H and O–H groups in total. The first-order chi connectivity index (χ1) is 11.7. The third kappa shape index (κ3) is 4.24. The summed E-state index contributed by atoms with van der Waals surface area (Å²) in [5.74, 6) is 0.600. The van der Waals surface area contributed by atoms with E-state index in [-0.39, 0.29) is 6.09 Å². The average molecular weight is 323 g/mol. The van der Waals surface area contributed by atoms with E-state index in [0.29, 0.717) is 32.1 Å². The van der Waals surface area contributed by atoms with Gasteiger partial charge >= 0.3 is 6.09 Å². The van der Waals surface area contributed by atoms with Gasteiger partial charge in [-0.1, -0.05) is 48.6 Å². The van der Waals surface area contributed by atoms with Crippen LogP contribution < -0.4 is 4.74 Å². The Morgan fingerprint density at radius 3 is 2.46 bits per heavy atom. The van der Waals surface area contributed by atoms with Gasteiger partial charge in [-0.15, -0.1) is 0 Å². The van der Waals surface area contributed by atoms with Crippen molar-refractivity contribution in [1.82, 2.24) is 4.90 Å². The Hall–Kier alpha value is -2.59. The molecule has 0 aromatic heterocycles. The van der Waals surface area contributed by atoms with Crippen LogP contribution in [0.5, 0.6) is 5.75 Å². The lowest BCUT2D eigenvalue weighted by atomic mass is 10.1. The van der Waals surface area contributed by atoms with Crippen molar-refractivity contribution in [3.8, 4) is 5.75 Å². The summed E-state index contributed by atoms with van der Waals surface area (Å²) < 4.78 is 10.8. The van der Waals surface area contributed by atoms with E-state index in [4.69, 9.17) is 9.47 Å². The maximum absolute atomic E-state index is 12.1. The summed E-state index contributed by atoms with van der Waals surface area (Å²) in [5.41, 5.74) is 3.16. The first-order valence-electron chi connectivity index (χ1n) is 8.11. The number of hydrogen-bond acceptors (Lipinski definition) is 3. The lowest BCUT2D eigenvalue weighted by molar-refractivity contribution is 0.0415. The van der Waals surface area contributed by atoms with Crippen molar-refractivity contribution in [2.75, 3.05) is 26.3 Å². The van der Waals surface area contributed by atoms with Crippen molar-refractivity contribution in [1.29, 1.82) is 0 Å². The molecule has 0 bridgehead atoms.